The summed E-state index contributed by atoms with van der Waals surface area (Å²) in [6.07, 6.45) is 3.45. The number of hydrazine groups is 1. The normalized spacial score (nSPS) is 16.2. The van der Waals surface area contributed by atoms with E-state index in [1.165, 1.54) is 33.3 Å². The third kappa shape index (κ3) is 6.62. The van der Waals surface area contributed by atoms with Gasteiger partial charge in [0.1, 0.15) is 6.61 Å². The number of ether oxygens (including phenoxy) is 1. The van der Waals surface area contributed by atoms with E-state index in [-0.39, 0.29) is 6.61 Å². The van der Waals surface area contributed by atoms with Crippen LogP contribution < -0.4 is 21.9 Å². The van der Waals surface area contributed by atoms with Crippen molar-refractivity contribution in [1.29, 1.82) is 0 Å². The van der Waals surface area contributed by atoms with Crippen LogP contribution in [0.4, 0.5) is 16.2 Å². The van der Waals surface area contributed by atoms with Gasteiger partial charge in [0, 0.05) is 17.5 Å². The maximum Gasteiger partial charge on any atom is 0.411 e. The molecule has 5 aromatic carbocycles. The number of anilines is 2. The van der Waals surface area contributed by atoms with Crippen LogP contribution >= 0.6 is 0 Å². The fourth-order valence-corrected chi connectivity index (χ4v) is 5.40. The summed E-state index contributed by atoms with van der Waals surface area (Å²) in [7, 11) is 0. The second-order valence-electron chi connectivity index (χ2n) is 10.8. The zero-order chi connectivity index (χ0) is 28.9. The summed E-state index contributed by atoms with van der Waals surface area (Å²) in [5.74, 6) is 7.59. The summed E-state index contributed by atoms with van der Waals surface area (Å²) in [5.41, 5.74) is 12.7. The van der Waals surface area contributed by atoms with Crippen LogP contribution in [-0.2, 0) is 17.8 Å². The zero-order valence-electron chi connectivity index (χ0n) is 23.3. The molecule has 210 valence electrons. The lowest BCUT2D eigenvalue weighted by atomic mass is 10.0. The lowest BCUT2D eigenvalue weighted by molar-refractivity contribution is 0.155. The Labute approximate surface area is 246 Å². The minimum Gasteiger partial charge on any atom is -0.444 e. The zero-order valence-corrected chi connectivity index (χ0v) is 23.3. The Hall–Kier alpha value is -5.07. The van der Waals surface area contributed by atoms with Crippen molar-refractivity contribution in [3.63, 3.8) is 0 Å². The second-order valence-corrected chi connectivity index (χ2v) is 10.8. The molecule has 1 amide bonds. The molecule has 0 aliphatic heterocycles. The third-order valence-electron chi connectivity index (χ3n) is 7.79. The van der Waals surface area contributed by atoms with Crippen LogP contribution in [0.2, 0.25) is 0 Å². The minimum absolute atomic E-state index is 0.196. The highest BCUT2D eigenvalue weighted by atomic mass is 16.5. The molecule has 1 aliphatic carbocycles. The first-order valence-electron chi connectivity index (χ1n) is 14.2. The number of benzene rings is 5. The highest BCUT2D eigenvalue weighted by Crippen LogP contribution is 2.49. The van der Waals surface area contributed by atoms with Crippen molar-refractivity contribution in [2.24, 2.45) is 17.5 Å². The molecular formula is C36H34N4O2. The maximum atomic E-state index is 12.3. The highest BCUT2D eigenvalue weighted by molar-refractivity contribution is 5.85. The quantitative estimate of drug-likeness (QED) is 0.129. The lowest BCUT2D eigenvalue weighted by Crippen LogP contribution is -2.25. The fourth-order valence-electron chi connectivity index (χ4n) is 5.40. The Morgan fingerprint density at radius 2 is 1.60 bits per heavy atom. The third-order valence-corrected chi connectivity index (χ3v) is 7.79. The van der Waals surface area contributed by atoms with Crippen molar-refractivity contribution < 1.29 is 9.53 Å². The van der Waals surface area contributed by atoms with Gasteiger partial charge in [-0.3, -0.25) is 10.3 Å². The summed E-state index contributed by atoms with van der Waals surface area (Å²) in [4.78, 5) is 12.3. The molecule has 1 saturated carbocycles. The van der Waals surface area contributed by atoms with Crippen molar-refractivity contribution in [1.82, 2.24) is 0 Å². The molecule has 6 rings (SSSR count). The van der Waals surface area contributed by atoms with Gasteiger partial charge in [0.15, 0.2) is 0 Å². The molecule has 2 unspecified atom stereocenters. The predicted molar refractivity (Wildman–Crippen MR) is 170 cm³/mol. The second kappa shape index (κ2) is 12.2. The van der Waals surface area contributed by atoms with Crippen molar-refractivity contribution in [3.05, 3.63) is 150 Å². The summed E-state index contributed by atoms with van der Waals surface area (Å²) in [6, 6.07) is 40.5. The Morgan fingerprint density at radius 3 is 2.40 bits per heavy atom. The van der Waals surface area contributed by atoms with Crippen molar-refractivity contribution in [2.75, 3.05) is 10.3 Å². The number of nitrogens with two attached hydrogens (primary N) is 2. The monoisotopic (exact) mass is 554 g/mol. The van der Waals surface area contributed by atoms with Gasteiger partial charge >= 0.3 is 6.09 Å². The van der Waals surface area contributed by atoms with Gasteiger partial charge in [-0.05, 0) is 76.4 Å². The van der Waals surface area contributed by atoms with Gasteiger partial charge in [-0.2, -0.15) is 0 Å². The molecule has 0 heterocycles. The number of hydrogen-bond acceptors (Lipinski definition) is 5. The van der Waals surface area contributed by atoms with Gasteiger partial charge in [0.05, 0.1) is 11.4 Å². The molecule has 6 heteroatoms. The first-order chi connectivity index (χ1) is 20.5. The number of carbonyl (C=O) groups is 1. The number of hydrogen-bond donors (Lipinski definition) is 3. The van der Waals surface area contributed by atoms with E-state index in [1.807, 2.05) is 54.6 Å². The van der Waals surface area contributed by atoms with E-state index in [2.05, 4.69) is 59.9 Å². The molecule has 0 bridgehead atoms. The van der Waals surface area contributed by atoms with E-state index in [9.17, 15) is 4.79 Å². The van der Waals surface area contributed by atoms with E-state index in [1.54, 1.807) is 18.3 Å². The first-order valence-corrected chi connectivity index (χ1v) is 14.2. The molecule has 1 fully saturated rings. The van der Waals surface area contributed by atoms with Crippen LogP contribution in [0, 0.1) is 5.92 Å². The van der Waals surface area contributed by atoms with Crippen LogP contribution in [0.3, 0.4) is 0 Å². The van der Waals surface area contributed by atoms with Gasteiger partial charge in [-0.25, -0.2) is 10.6 Å². The number of nitrogens with one attached hydrogen (secondary N) is 1. The Balaban J connectivity index is 1.03. The molecule has 2 atom stereocenters. The molecular weight excluding hydrogens is 520 g/mol. The number of nitrogens with zero attached hydrogens (tertiary/aromatic N) is 1. The number of rotatable bonds is 9. The van der Waals surface area contributed by atoms with Gasteiger partial charge in [0.25, 0.3) is 0 Å². The molecule has 6 nitrogen and oxygen atoms in total. The summed E-state index contributed by atoms with van der Waals surface area (Å²) in [5, 5.41) is 6.86. The van der Waals surface area contributed by atoms with E-state index < -0.39 is 6.09 Å². The van der Waals surface area contributed by atoms with Crippen LogP contribution in [0.25, 0.3) is 16.5 Å². The topological polar surface area (TPSA) is 93.6 Å². The van der Waals surface area contributed by atoms with E-state index in [0.29, 0.717) is 23.2 Å². The van der Waals surface area contributed by atoms with Crippen LogP contribution in [0.15, 0.2) is 128 Å². The largest absolute Gasteiger partial charge is 0.444 e. The van der Waals surface area contributed by atoms with Crippen LogP contribution in [0.1, 0.15) is 34.6 Å². The van der Waals surface area contributed by atoms with Gasteiger partial charge in [-0.1, -0.05) is 97.1 Å². The van der Waals surface area contributed by atoms with Crippen LogP contribution in [0.5, 0.6) is 0 Å². The van der Waals surface area contributed by atoms with Crippen molar-refractivity contribution in [3.8, 4) is 0 Å². The lowest BCUT2D eigenvalue weighted by Gasteiger charge is -2.16. The average molecular weight is 555 g/mol. The summed E-state index contributed by atoms with van der Waals surface area (Å²) >= 11 is 0. The molecule has 1 aliphatic rings. The van der Waals surface area contributed by atoms with Gasteiger partial charge in [0.2, 0.25) is 0 Å². The van der Waals surface area contributed by atoms with Crippen LogP contribution in [-0.4, -0.2) is 6.09 Å². The highest BCUT2D eigenvalue weighted by Gasteiger charge is 2.37. The standard InChI is InChI=1S/C36H34N4O2/c37-35(30-11-6-12-32(21-30)39-36(41)42-24-25-7-2-1-3-8-25)23-40(38)33-17-15-28(16-18-33)34-22-31(34)20-26-13-14-27-9-4-5-10-29(27)19-26/h1-19,21,23,31,34H,20,22,24,37-38H2,(H,39,41)/b35-23-. The number of fused-ring (bicyclic) bond motifs is 1. The molecule has 5 N–H and O–H groups in total. The van der Waals surface area contributed by atoms with E-state index in [4.69, 9.17) is 16.3 Å². The summed E-state index contributed by atoms with van der Waals surface area (Å²) < 4.78 is 5.31. The smallest absolute Gasteiger partial charge is 0.411 e. The van der Waals surface area contributed by atoms with Crippen molar-refractivity contribution in [2.45, 2.75) is 25.4 Å². The Morgan fingerprint density at radius 1 is 0.833 bits per heavy atom. The van der Waals surface area contributed by atoms with Gasteiger partial charge < -0.3 is 10.5 Å². The molecule has 0 saturated heterocycles. The first kappa shape index (κ1) is 27.1. The van der Waals surface area contributed by atoms with E-state index in [0.717, 1.165) is 23.2 Å². The van der Waals surface area contributed by atoms with E-state index >= 15 is 0 Å². The predicted octanol–water partition coefficient (Wildman–Crippen LogP) is 7.57. The molecule has 0 spiro atoms. The maximum absolute atomic E-state index is 12.3. The minimum atomic E-state index is -0.533. The molecule has 0 radical (unpaired) electrons. The molecule has 42 heavy (non-hydrogen) atoms. The Bertz CT molecular complexity index is 1720. The number of carbonyl (C=O) groups excluding carboxylic acids is 1. The number of amides is 1. The average Bonchev–Trinajstić information content (AvgIpc) is 3.79. The fraction of sp³-hybridized carbons (Fsp3) is 0.139. The van der Waals surface area contributed by atoms with Crippen molar-refractivity contribution >= 4 is 33.9 Å². The van der Waals surface area contributed by atoms with Gasteiger partial charge in [-0.15, -0.1) is 0 Å². The summed E-state index contributed by atoms with van der Waals surface area (Å²) in [6.45, 7) is 0.196. The molecule has 0 aromatic heterocycles. The molecule has 5 aromatic rings. The SMILES string of the molecule is N/C(=C\N(N)c1ccc(C2CC2Cc2ccc3ccccc3c2)cc1)c1cccc(NC(=O)OCc2ccccc2)c1. The Kier molecular flexibility index (Phi) is 7.88.